The molecule has 0 unspecified atom stereocenters. The average Bonchev–Trinajstić information content (AvgIpc) is 2.80. The lowest BCUT2D eigenvalue weighted by Gasteiger charge is -2.17. The molecule has 2 N–H and O–H groups in total. The molecule has 0 aliphatic carbocycles. The van der Waals surface area contributed by atoms with E-state index < -0.39 is 0 Å². The predicted octanol–water partition coefficient (Wildman–Crippen LogP) is 0.333. The molecule has 1 heterocycles. The molecule has 1 aliphatic heterocycles. The van der Waals surface area contributed by atoms with Gasteiger partial charge in [0.1, 0.15) is 0 Å². The Morgan fingerprint density at radius 3 is 2.74 bits per heavy atom. The van der Waals surface area contributed by atoms with Crippen LogP contribution >= 0.6 is 12.4 Å². The van der Waals surface area contributed by atoms with Gasteiger partial charge in [-0.15, -0.1) is 12.4 Å². The van der Waals surface area contributed by atoms with Crippen molar-refractivity contribution in [1.82, 2.24) is 10.6 Å². The highest BCUT2D eigenvalue weighted by Crippen LogP contribution is 2.27. The molecule has 0 saturated carbocycles. The van der Waals surface area contributed by atoms with Gasteiger partial charge >= 0.3 is 0 Å². The Kier molecular flexibility index (Phi) is 5.79. The van der Waals surface area contributed by atoms with Gasteiger partial charge in [0, 0.05) is 12.2 Å². The fourth-order valence-electron chi connectivity index (χ4n) is 2.09. The van der Waals surface area contributed by atoms with Crippen LogP contribution < -0.4 is 15.5 Å². The van der Waals surface area contributed by atoms with Gasteiger partial charge in [-0.05, 0) is 25.1 Å². The number of halogens is 1. The summed E-state index contributed by atoms with van der Waals surface area (Å²) in [5.74, 6) is -0.234. The monoisotopic (exact) mass is 283 g/mol. The summed E-state index contributed by atoms with van der Waals surface area (Å²) in [6.07, 6.45) is 0.881. The fraction of sp³-hybridized carbons (Fsp3) is 0.385. The van der Waals surface area contributed by atoms with E-state index in [4.69, 9.17) is 0 Å². The van der Waals surface area contributed by atoms with Crippen molar-refractivity contribution >= 4 is 29.9 Å². The van der Waals surface area contributed by atoms with E-state index in [-0.39, 0.29) is 37.3 Å². The van der Waals surface area contributed by atoms with Gasteiger partial charge in [-0.25, -0.2) is 0 Å². The predicted molar refractivity (Wildman–Crippen MR) is 76.7 cm³/mol. The zero-order valence-corrected chi connectivity index (χ0v) is 11.6. The number of fused-ring (bicyclic) bond motifs is 1. The molecule has 1 aromatic rings. The van der Waals surface area contributed by atoms with Crippen molar-refractivity contribution in [3.8, 4) is 0 Å². The number of nitrogens with one attached hydrogen (secondary N) is 2. The van der Waals surface area contributed by atoms with Crippen LogP contribution in [0.2, 0.25) is 0 Å². The maximum absolute atomic E-state index is 12.0. The number of hydrogen-bond acceptors (Lipinski definition) is 3. The van der Waals surface area contributed by atoms with E-state index in [2.05, 4.69) is 10.6 Å². The Morgan fingerprint density at radius 2 is 2.00 bits per heavy atom. The van der Waals surface area contributed by atoms with Gasteiger partial charge in [0.15, 0.2) is 0 Å². The number of carbonyl (C=O) groups excluding carboxylic acids is 2. The zero-order valence-electron chi connectivity index (χ0n) is 10.8. The second-order valence-electron chi connectivity index (χ2n) is 4.23. The number of benzene rings is 1. The molecule has 0 radical (unpaired) electrons. The molecule has 0 spiro atoms. The summed E-state index contributed by atoms with van der Waals surface area (Å²) in [6.45, 7) is 0.971. The molecule has 0 saturated heterocycles. The summed E-state index contributed by atoms with van der Waals surface area (Å²) in [7, 11) is 1.69. The Hall–Kier alpha value is -1.59. The molecule has 5 nitrogen and oxygen atoms in total. The molecule has 0 aromatic heterocycles. The molecule has 104 valence electrons. The van der Waals surface area contributed by atoms with E-state index in [1.54, 1.807) is 11.9 Å². The zero-order chi connectivity index (χ0) is 13.0. The maximum atomic E-state index is 12.0. The van der Waals surface area contributed by atoms with Crippen LogP contribution in [0, 0.1) is 0 Å². The number of carbonyl (C=O) groups is 2. The first-order valence-corrected chi connectivity index (χ1v) is 6.02. The van der Waals surface area contributed by atoms with E-state index in [1.165, 1.54) is 5.56 Å². The summed E-state index contributed by atoms with van der Waals surface area (Å²) in [5, 5.41) is 5.34. The number of likely N-dealkylation sites (N-methyl/N-ethyl adjacent to an activating group) is 1. The summed E-state index contributed by atoms with van der Waals surface area (Å²) in [4.78, 5) is 25.0. The smallest absolute Gasteiger partial charge is 0.246 e. The molecule has 0 fully saturated rings. The van der Waals surface area contributed by atoms with Crippen LogP contribution in [0.1, 0.15) is 5.56 Å². The Morgan fingerprint density at radius 1 is 1.26 bits per heavy atom. The molecule has 1 aliphatic rings. The van der Waals surface area contributed by atoms with Crippen molar-refractivity contribution in [2.45, 2.75) is 6.42 Å². The van der Waals surface area contributed by atoms with E-state index in [0.29, 0.717) is 6.54 Å². The Labute approximate surface area is 118 Å². The standard InChI is InChI=1S/C13H17N3O2.ClH/c1-14-8-12(17)15-9-13(18)16-7-6-10-4-2-3-5-11(10)16;/h2-5,14H,6-9H2,1H3,(H,15,17);1H. The number of rotatable bonds is 4. The van der Waals surface area contributed by atoms with Crippen LogP contribution in [0.15, 0.2) is 24.3 Å². The van der Waals surface area contributed by atoms with Crippen molar-refractivity contribution < 1.29 is 9.59 Å². The number of para-hydroxylation sites is 1. The lowest BCUT2D eigenvalue weighted by Crippen LogP contribution is -2.41. The second kappa shape index (κ2) is 7.11. The van der Waals surface area contributed by atoms with Crippen molar-refractivity contribution in [3.63, 3.8) is 0 Å². The first-order chi connectivity index (χ1) is 8.72. The first kappa shape index (κ1) is 15.5. The number of hydrogen-bond donors (Lipinski definition) is 2. The number of amides is 2. The summed E-state index contributed by atoms with van der Waals surface area (Å²) in [5.41, 5.74) is 2.15. The van der Waals surface area contributed by atoms with Crippen molar-refractivity contribution in [2.75, 3.05) is 31.6 Å². The largest absolute Gasteiger partial charge is 0.346 e. The average molecular weight is 284 g/mol. The highest BCUT2D eigenvalue weighted by Gasteiger charge is 2.23. The topological polar surface area (TPSA) is 61.4 Å². The van der Waals surface area contributed by atoms with Gasteiger partial charge in [-0.2, -0.15) is 0 Å². The molecule has 19 heavy (non-hydrogen) atoms. The molecule has 0 atom stereocenters. The van der Waals surface area contributed by atoms with Gasteiger partial charge < -0.3 is 15.5 Å². The van der Waals surface area contributed by atoms with Gasteiger partial charge in [0.05, 0.1) is 13.1 Å². The minimum Gasteiger partial charge on any atom is -0.346 e. The lowest BCUT2D eigenvalue weighted by atomic mass is 10.2. The molecular formula is C13H18ClN3O2. The summed E-state index contributed by atoms with van der Waals surface area (Å²) < 4.78 is 0. The third-order valence-electron chi connectivity index (χ3n) is 2.96. The third-order valence-corrected chi connectivity index (χ3v) is 2.96. The molecule has 2 rings (SSSR count). The number of anilines is 1. The summed E-state index contributed by atoms with van der Waals surface area (Å²) >= 11 is 0. The van der Waals surface area contributed by atoms with Crippen molar-refractivity contribution in [2.24, 2.45) is 0 Å². The van der Waals surface area contributed by atoms with Gasteiger partial charge in [0.25, 0.3) is 0 Å². The third kappa shape index (κ3) is 3.68. The second-order valence-corrected chi connectivity index (χ2v) is 4.23. The van der Waals surface area contributed by atoms with Crippen LogP contribution in [0.25, 0.3) is 0 Å². The molecular weight excluding hydrogens is 266 g/mol. The fourth-order valence-corrected chi connectivity index (χ4v) is 2.09. The quantitative estimate of drug-likeness (QED) is 0.837. The van der Waals surface area contributed by atoms with E-state index >= 15 is 0 Å². The van der Waals surface area contributed by atoms with Crippen molar-refractivity contribution in [1.29, 1.82) is 0 Å². The maximum Gasteiger partial charge on any atom is 0.246 e. The summed E-state index contributed by atoms with van der Waals surface area (Å²) in [6, 6.07) is 7.86. The SMILES string of the molecule is CNCC(=O)NCC(=O)N1CCc2ccccc21.Cl. The highest BCUT2D eigenvalue weighted by atomic mass is 35.5. The van der Waals surface area contributed by atoms with Gasteiger partial charge in [0.2, 0.25) is 11.8 Å². The van der Waals surface area contributed by atoms with Crippen LogP contribution in [-0.4, -0.2) is 38.5 Å². The van der Waals surface area contributed by atoms with E-state index in [0.717, 1.165) is 12.1 Å². The normalized spacial score (nSPS) is 12.6. The molecule has 6 heteroatoms. The molecule has 1 aromatic carbocycles. The van der Waals surface area contributed by atoms with E-state index in [9.17, 15) is 9.59 Å². The first-order valence-electron chi connectivity index (χ1n) is 6.02. The van der Waals surface area contributed by atoms with Gasteiger partial charge in [-0.3, -0.25) is 9.59 Å². The Bertz CT molecular complexity index is 465. The molecule has 2 amide bonds. The van der Waals surface area contributed by atoms with Crippen LogP contribution in [0.4, 0.5) is 5.69 Å². The van der Waals surface area contributed by atoms with Crippen molar-refractivity contribution in [3.05, 3.63) is 29.8 Å². The minimum atomic E-state index is -0.168. The minimum absolute atomic E-state index is 0. The highest BCUT2D eigenvalue weighted by molar-refractivity contribution is 5.98. The van der Waals surface area contributed by atoms with Gasteiger partial charge in [-0.1, -0.05) is 18.2 Å². The van der Waals surface area contributed by atoms with Crippen LogP contribution in [-0.2, 0) is 16.0 Å². The van der Waals surface area contributed by atoms with Crippen LogP contribution in [0.5, 0.6) is 0 Å². The lowest BCUT2D eigenvalue weighted by molar-refractivity contribution is -0.124. The van der Waals surface area contributed by atoms with E-state index in [1.807, 2.05) is 24.3 Å². The molecule has 0 bridgehead atoms. The van der Waals surface area contributed by atoms with Crippen LogP contribution in [0.3, 0.4) is 0 Å². The number of nitrogens with zero attached hydrogens (tertiary/aromatic N) is 1. The Balaban J connectivity index is 0.00000180.